The van der Waals surface area contributed by atoms with Crippen LogP contribution >= 0.6 is 0 Å². The van der Waals surface area contributed by atoms with Gasteiger partial charge < -0.3 is 23.8 Å². The molecule has 0 spiro atoms. The van der Waals surface area contributed by atoms with Gasteiger partial charge in [-0.05, 0) is 49.8 Å². The lowest BCUT2D eigenvalue weighted by Crippen LogP contribution is -2.48. The van der Waals surface area contributed by atoms with E-state index in [2.05, 4.69) is 39.3 Å². The molecule has 0 N–H and O–H groups in total. The van der Waals surface area contributed by atoms with Crippen LogP contribution in [-0.2, 0) is 4.79 Å². The number of carbonyl (C=O) groups excluding carboxylic acids is 1. The van der Waals surface area contributed by atoms with Crippen LogP contribution in [0.4, 0.5) is 5.95 Å². The fraction of sp³-hybridized carbons (Fsp3) is 0.292. The molecule has 8 nitrogen and oxygen atoms in total. The van der Waals surface area contributed by atoms with Crippen molar-refractivity contribution in [3.63, 3.8) is 0 Å². The number of amides is 1. The number of rotatable bonds is 4. The maximum absolute atomic E-state index is 12.8. The lowest BCUT2D eigenvalue weighted by molar-refractivity contribution is -0.126. The fourth-order valence-electron chi connectivity index (χ4n) is 4.23. The summed E-state index contributed by atoms with van der Waals surface area (Å²) in [5.74, 6) is 2.25. The quantitative estimate of drug-likeness (QED) is 0.592. The molecular weight excluding hydrogens is 406 g/mol. The third-order valence-electron chi connectivity index (χ3n) is 5.92. The van der Waals surface area contributed by atoms with Crippen molar-refractivity contribution in [2.75, 3.05) is 37.9 Å². The lowest BCUT2D eigenvalue weighted by Gasteiger charge is -2.34. The van der Waals surface area contributed by atoms with Crippen molar-refractivity contribution in [1.82, 2.24) is 19.4 Å². The molecule has 1 amide bonds. The summed E-state index contributed by atoms with van der Waals surface area (Å²) in [6.45, 7) is 7.12. The minimum atomic E-state index is 0.0199. The van der Waals surface area contributed by atoms with Crippen molar-refractivity contribution in [2.24, 2.45) is 0 Å². The van der Waals surface area contributed by atoms with Gasteiger partial charge in [0.15, 0.2) is 11.5 Å². The van der Waals surface area contributed by atoms with Gasteiger partial charge in [-0.3, -0.25) is 4.79 Å². The molecule has 0 saturated carbocycles. The van der Waals surface area contributed by atoms with Gasteiger partial charge in [0, 0.05) is 67.8 Å². The fourth-order valence-corrected chi connectivity index (χ4v) is 4.23. The van der Waals surface area contributed by atoms with Gasteiger partial charge >= 0.3 is 0 Å². The summed E-state index contributed by atoms with van der Waals surface area (Å²) in [6.07, 6.45) is 7.05. The van der Waals surface area contributed by atoms with Crippen molar-refractivity contribution >= 4 is 17.9 Å². The standard InChI is InChI=1S/C24H25N5O3/c1-17-14-19(18(2)29(17)20-5-6-21-22(15-20)32-16-31-21)4-7-23(30)27-10-12-28(13-11-27)24-25-8-3-9-26-24/h3-9,14-15H,10-13,16H2,1-2H3/b7-4+. The van der Waals surface area contributed by atoms with E-state index in [4.69, 9.17) is 9.47 Å². The van der Waals surface area contributed by atoms with Gasteiger partial charge in [0.2, 0.25) is 18.6 Å². The van der Waals surface area contributed by atoms with E-state index in [0.717, 1.165) is 47.2 Å². The predicted octanol–water partition coefficient (Wildman–Crippen LogP) is 2.97. The van der Waals surface area contributed by atoms with E-state index >= 15 is 0 Å². The smallest absolute Gasteiger partial charge is 0.246 e. The highest BCUT2D eigenvalue weighted by molar-refractivity contribution is 5.92. The van der Waals surface area contributed by atoms with E-state index in [1.165, 1.54) is 0 Å². The van der Waals surface area contributed by atoms with Crippen LogP contribution in [0.25, 0.3) is 11.8 Å². The molecule has 32 heavy (non-hydrogen) atoms. The molecule has 8 heteroatoms. The number of aryl methyl sites for hydroxylation is 1. The van der Waals surface area contributed by atoms with Gasteiger partial charge in [0.1, 0.15) is 0 Å². The Morgan fingerprint density at radius 2 is 1.75 bits per heavy atom. The van der Waals surface area contributed by atoms with Crippen molar-refractivity contribution in [2.45, 2.75) is 13.8 Å². The summed E-state index contributed by atoms with van der Waals surface area (Å²) >= 11 is 0. The van der Waals surface area contributed by atoms with Crippen LogP contribution in [0.1, 0.15) is 17.0 Å². The second kappa shape index (κ2) is 8.37. The van der Waals surface area contributed by atoms with E-state index in [1.807, 2.05) is 29.2 Å². The van der Waals surface area contributed by atoms with Crippen LogP contribution in [0.5, 0.6) is 11.5 Å². The number of anilines is 1. The maximum Gasteiger partial charge on any atom is 0.246 e. The first-order valence-electron chi connectivity index (χ1n) is 10.7. The molecule has 2 aliphatic rings. The number of hydrogen-bond acceptors (Lipinski definition) is 6. The number of piperazine rings is 1. The van der Waals surface area contributed by atoms with Gasteiger partial charge in [-0.25, -0.2) is 9.97 Å². The molecule has 0 aliphatic carbocycles. The molecule has 0 bridgehead atoms. The molecule has 1 saturated heterocycles. The number of carbonyl (C=O) groups is 1. The molecule has 164 valence electrons. The molecule has 0 radical (unpaired) electrons. The number of benzene rings is 1. The summed E-state index contributed by atoms with van der Waals surface area (Å²) in [4.78, 5) is 25.3. The maximum atomic E-state index is 12.8. The van der Waals surface area contributed by atoms with E-state index in [1.54, 1.807) is 24.5 Å². The Morgan fingerprint density at radius 1 is 1.00 bits per heavy atom. The minimum absolute atomic E-state index is 0.0199. The first-order valence-corrected chi connectivity index (χ1v) is 10.7. The van der Waals surface area contributed by atoms with E-state index < -0.39 is 0 Å². The second-order valence-electron chi connectivity index (χ2n) is 7.89. The molecule has 4 heterocycles. The van der Waals surface area contributed by atoms with Crippen LogP contribution < -0.4 is 14.4 Å². The highest BCUT2D eigenvalue weighted by Crippen LogP contribution is 2.35. The van der Waals surface area contributed by atoms with E-state index in [-0.39, 0.29) is 12.7 Å². The Morgan fingerprint density at radius 3 is 2.53 bits per heavy atom. The number of fused-ring (bicyclic) bond motifs is 1. The average Bonchev–Trinajstić information content (AvgIpc) is 3.41. The third-order valence-corrected chi connectivity index (χ3v) is 5.92. The van der Waals surface area contributed by atoms with E-state index in [9.17, 15) is 4.79 Å². The summed E-state index contributed by atoms with van der Waals surface area (Å²) in [5.41, 5.74) is 4.18. The van der Waals surface area contributed by atoms with Crippen molar-refractivity contribution in [1.29, 1.82) is 0 Å². The molecule has 5 rings (SSSR count). The topological polar surface area (TPSA) is 72.7 Å². The largest absolute Gasteiger partial charge is 0.454 e. The first kappa shape index (κ1) is 20.1. The summed E-state index contributed by atoms with van der Waals surface area (Å²) in [7, 11) is 0. The normalized spacial score (nSPS) is 15.6. The van der Waals surface area contributed by atoms with Gasteiger partial charge in [-0.1, -0.05) is 0 Å². The number of hydrogen-bond donors (Lipinski definition) is 0. The van der Waals surface area contributed by atoms with Crippen LogP contribution in [0, 0.1) is 13.8 Å². The van der Waals surface area contributed by atoms with Crippen LogP contribution in [0.2, 0.25) is 0 Å². The number of nitrogens with zero attached hydrogens (tertiary/aromatic N) is 5. The highest BCUT2D eigenvalue weighted by atomic mass is 16.7. The van der Waals surface area contributed by atoms with Crippen LogP contribution in [0.15, 0.2) is 48.8 Å². The molecule has 2 aromatic heterocycles. The Bertz CT molecular complexity index is 1160. The van der Waals surface area contributed by atoms with E-state index in [0.29, 0.717) is 19.0 Å². The number of aromatic nitrogens is 3. The Balaban J connectivity index is 1.27. The van der Waals surface area contributed by atoms with Crippen molar-refractivity contribution in [3.05, 3.63) is 65.8 Å². The summed E-state index contributed by atoms with van der Waals surface area (Å²) in [6, 6.07) is 9.82. The zero-order chi connectivity index (χ0) is 22.1. The van der Waals surface area contributed by atoms with Crippen LogP contribution in [-0.4, -0.2) is 58.3 Å². The van der Waals surface area contributed by atoms with Gasteiger partial charge in [0.25, 0.3) is 0 Å². The molecule has 1 aromatic carbocycles. The second-order valence-corrected chi connectivity index (χ2v) is 7.89. The molecule has 2 aliphatic heterocycles. The van der Waals surface area contributed by atoms with Crippen LogP contribution in [0.3, 0.4) is 0 Å². The average molecular weight is 431 g/mol. The molecule has 3 aromatic rings. The zero-order valence-electron chi connectivity index (χ0n) is 18.2. The Labute approximate surface area is 186 Å². The molecule has 1 fully saturated rings. The zero-order valence-corrected chi connectivity index (χ0v) is 18.2. The van der Waals surface area contributed by atoms with Gasteiger partial charge in [-0.15, -0.1) is 0 Å². The van der Waals surface area contributed by atoms with Gasteiger partial charge in [-0.2, -0.15) is 0 Å². The Kier molecular flexibility index (Phi) is 5.26. The summed E-state index contributed by atoms with van der Waals surface area (Å²) in [5, 5.41) is 0. The first-order chi connectivity index (χ1) is 15.6. The number of ether oxygens (including phenoxy) is 2. The third kappa shape index (κ3) is 3.79. The van der Waals surface area contributed by atoms with Crippen molar-refractivity contribution < 1.29 is 14.3 Å². The molecule has 0 atom stereocenters. The predicted molar refractivity (Wildman–Crippen MR) is 121 cm³/mol. The lowest BCUT2D eigenvalue weighted by atomic mass is 10.2. The monoisotopic (exact) mass is 431 g/mol. The summed E-state index contributed by atoms with van der Waals surface area (Å²) < 4.78 is 13.1. The van der Waals surface area contributed by atoms with Crippen molar-refractivity contribution in [3.8, 4) is 17.2 Å². The Hall–Kier alpha value is -3.81. The van der Waals surface area contributed by atoms with Gasteiger partial charge in [0.05, 0.1) is 0 Å². The minimum Gasteiger partial charge on any atom is -0.454 e. The molecule has 0 unspecified atom stereocenters. The highest BCUT2D eigenvalue weighted by Gasteiger charge is 2.21. The molecular formula is C24H25N5O3. The SMILES string of the molecule is Cc1cc(/C=C/C(=O)N2CCN(c3ncccn3)CC2)c(C)n1-c1ccc2c(c1)OCO2.